The number of amides is 2. The fraction of sp³-hybridized carbons (Fsp3) is 0.429. The molecule has 0 bridgehead atoms. The first kappa shape index (κ1) is 14.5. The van der Waals surface area contributed by atoms with Crippen LogP contribution in [0, 0.1) is 5.92 Å². The van der Waals surface area contributed by atoms with Crippen molar-refractivity contribution in [2.45, 2.75) is 19.4 Å². The molecule has 1 aliphatic rings. The smallest absolute Gasteiger partial charge is 0.231 e. The lowest BCUT2D eigenvalue weighted by atomic mass is 10.0. The van der Waals surface area contributed by atoms with Gasteiger partial charge in [0.05, 0.1) is 19.1 Å². The summed E-state index contributed by atoms with van der Waals surface area (Å²) in [6.45, 7) is 2.56. The van der Waals surface area contributed by atoms with Gasteiger partial charge in [-0.05, 0) is 24.3 Å². The fourth-order valence-electron chi connectivity index (χ4n) is 1.96. The van der Waals surface area contributed by atoms with Gasteiger partial charge >= 0.3 is 0 Å². The highest BCUT2D eigenvalue weighted by molar-refractivity contribution is 5.94. The second-order valence-electron chi connectivity index (χ2n) is 4.78. The molecule has 0 radical (unpaired) electrons. The van der Waals surface area contributed by atoms with Crippen LogP contribution in [0.2, 0.25) is 0 Å². The molecule has 2 amide bonds. The molecule has 1 fully saturated rings. The highest BCUT2D eigenvalue weighted by Gasteiger charge is 2.31. The Morgan fingerprint density at radius 1 is 1.20 bits per heavy atom. The highest BCUT2D eigenvalue weighted by Crippen LogP contribution is 2.17. The number of hydrogen-bond acceptors (Lipinski definition) is 4. The summed E-state index contributed by atoms with van der Waals surface area (Å²) >= 11 is 0. The Hall–Kier alpha value is -1.92. The van der Waals surface area contributed by atoms with Crippen molar-refractivity contribution in [1.29, 1.82) is 0 Å². The van der Waals surface area contributed by atoms with Crippen LogP contribution in [0.4, 0.5) is 11.4 Å². The lowest BCUT2D eigenvalue weighted by Gasteiger charge is -2.13. The highest BCUT2D eigenvalue weighted by atomic mass is 16.5. The number of carbonyl (C=O) groups excluding carboxylic acids is 2. The van der Waals surface area contributed by atoms with E-state index in [0.717, 1.165) is 0 Å². The van der Waals surface area contributed by atoms with Crippen LogP contribution in [0.3, 0.4) is 0 Å². The Morgan fingerprint density at radius 3 is 2.30 bits per heavy atom. The molecule has 1 aromatic carbocycles. The van der Waals surface area contributed by atoms with E-state index in [4.69, 9.17) is 10.5 Å². The van der Waals surface area contributed by atoms with Crippen molar-refractivity contribution < 1.29 is 14.3 Å². The average molecular weight is 277 g/mol. The second kappa shape index (κ2) is 6.49. The summed E-state index contributed by atoms with van der Waals surface area (Å²) in [5.41, 5.74) is 7.17. The molecule has 0 aromatic heterocycles. The van der Waals surface area contributed by atoms with Gasteiger partial charge in [-0.3, -0.25) is 9.59 Å². The summed E-state index contributed by atoms with van der Waals surface area (Å²) in [4.78, 5) is 23.2. The molecule has 6 heteroatoms. The fourth-order valence-corrected chi connectivity index (χ4v) is 1.96. The van der Waals surface area contributed by atoms with Crippen LogP contribution in [-0.4, -0.2) is 31.1 Å². The maximum Gasteiger partial charge on any atom is 0.231 e. The lowest BCUT2D eigenvalue weighted by molar-refractivity contribution is -0.120. The van der Waals surface area contributed by atoms with Gasteiger partial charge in [0.1, 0.15) is 0 Å². The number of rotatable bonds is 4. The first-order valence-corrected chi connectivity index (χ1v) is 6.64. The van der Waals surface area contributed by atoms with Gasteiger partial charge in [-0.1, -0.05) is 6.92 Å². The Morgan fingerprint density at radius 2 is 1.80 bits per heavy atom. The molecule has 2 unspecified atom stereocenters. The SMILES string of the molecule is CCC(=O)Nc1ccc(NC(=O)C2COCC2N)cc1. The number of ether oxygens (including phenoxy) is 1. The number of nitrogens with two attached hydrogens (primary N) is 1. The number of anilines is 2. The van der Waals surface area contributed by atoms with Gasteiger partial charge in [0, 0.05) is 23.8 Å². The Labute approximate surface area is 117 Å². The Kier molecular flexibility index (Phi) is 4.70. The molecule has 108 valence electrons. The molecule has 1 heterocycles. The molecule has 1 aliphatic heterocycles. The summed E-state index contributed by atoms with van der Waals surface area (Å²) in [6, 6.07) is 6.72. The minimum absolute atomic E-state index is 0.0455. The third kappa shape index (κ3) is 3.55. The van der Waals surface area contributed by atoms with E-state index in [1.54, 1.807) is 31.2 Å². The Balaban J connectivity index is 1.93. The maximum atomic E-state index is 12.0. The van der Waals surface area contributed by atoms with Crippen LogP contribution in [0.15, 0.2) is 24.3 Å². The standard InChI is InChI=1S/C14H19N3O3/c1-2-13(18)16-9-3-5-10(6-4-9)17-14(19)11-7-20-8-12(11)15/h3-6,11-12H,2,7-8,15H2,1H3,(H,16,18)(H,17,19). The normalized spacial score (nSPS) is 21.5. The van der Waals surface area contributed by atoms with E-state index in [2.05, 4.69) is 10.6 Å². The molecule has 4 N–H and O–H groups in total. The predicted octanol–water partition coefficient (Wildman–Crippen LogP) is 0.947. The first-order chi connectivity index (χ1) is 9.60. The van der Waals surface area contributed by atoms with E-state index in [1.165, 1.54) is 0 Å². The monoisotopic (exact) mass is 277 g/mol. The van der Waals surface area contributed by atoms with E-state index in [9.17, 15) is 9.59 Å². The molecular weight excluding hydrogens is 258 g/mol. The van der Waals surface area contributed by atoms with Gasteiger partial charge in [-0.2, -0.15) is 0 Å². The van der Waals surface area contributed by atoms with Crippen molar-refractivity contribution in [2.75, 3.05) is 23.8 Å². The largest absolute Gasteiger partial charge is 0.379 e. The van der Waals surface area contributed by atoms with Crippen LogP contribution < -0.4 is 16.4 Å². The summed E-state index contributed by atoms with van der Waals surface area (Å²) < 4.78 is 5.17. The van der Waals surface area contributed by atoms with Crippen LogP contribution in [0.25, 0.3) is 0 Å². The quantitative estimate of drug-likeness (QED) is 0.763. The van der Waals surface area contributed by atoms with Crippen molar-refractivity contribution in [3.63, 3.8) is 0 Å². The van der Waals surface area contributed by atoms with E-state index in [0.29, 0.717) is 31.0 Å². The first-order valence-electron chi connectivity index (χ1n) is 6.64. The van der Waals surface area contributed by atoms with Crippen molar-refractivity contribution >= 4 is 23.2 Å². The zero-order valence-electron chi connectivity index (χ0n) is 11.4. The molecule has 2 rings (SSSR count). The molecule has 1 saturated heterocycles. The molecule has 0 aliphatic carbocycles. The second-order valence-corrected chi connectivity index (χ2v) is 4.78. The molecule has 1 aromatic rings. The molecule has 6 nitrogen and oxygen atoms in total. The van der Waals surface area contributed by atoms with Crippen molar-refractivity contribution in [1.82, 2.24) is 0 Å². The minimum Gasteiger partial charge on any atom is -0.379 e. The van der Waals surface area contributed by atoms with Crippen LogP contribution in [0.5, 0.6) is 0 Å². The summed E-state index contributed by atoms with van der Waals surface area (Å²) in [6.07, 6.45) is 0.429. The summed E-state index contributed by atoms with van der Waals surface area (Å²) in [5, 5.41) is 5.54. The zero-order valence-corrected chi connectivity index (χ0v) is 11.4. The average Bonchev–Trinajstić information content (AvgIpc) is 2.87. The van der Waals surface area contributed by atoms with Crippen LogP contribution in [-0.2, 0) is 14.3 Å². The van der Waals surface area contributed by atoms with Crippen molar-refractivity contribution in [3.05, 3.63) is 24.3 Å². The van der Waals surface area contributed by atoms with Gasteiger partial charge in [-0.15, -0.1) is 0 Å². The van der Waals surface area contributed by atoms with E-state index in [1.807, 2.05) is 0 Å². The maximum absolute atomic E-state index is 12.0. The number of benzene rings is 1. The number of nitrogens with one attached hydrogen (secondary N) is 2. The van der Waals surface area contributed by atoms with Gasteiger partial charge in [0.2, 0.25) is 11.8 Å². The topological polar surface area (TPSA) is 93.5 Å². The van der Waals surface area contributed by atoms with E-state index < -0.39 is 0 Å². The molecule has 0 spiro atoms. The third-order valence-electron chi connectivity index (χ3n) is 3.22. The van der Waals surface area contributed by atoms with Gasteiger partial charge < -0.3 is 21.1 Å². The summed E-state index contributed by atoms with van der Waals surface area (Å²) in [7, 11) is 0. The summed E-state index contributed by atoms with van der Waals surface area (Å²) in [5.74, 6) is -0.495. The zero-order chi connectivity index (χ0) is 14.5. The minimum atomic E-state index is -0.311. The lowest BCUT2D eigenvalue weighted by Crippen LogP contribution is -2.37. The van der Waals surface area contributed by atoms with Crippen LogP contribution in [0.1, 0.15) is 13.3 Å². The van der Waals surface area contributed by atoms with E-state index in [-0.39, 0.29) is 23.8 Å². The molecule has 0 saturated carbocycles. The Bertz CT molecular complexity index is 487. The van der Waals surface area contributed by atoms with Crippen molar-refractivity contribution in [3.8, 4) is 0 Å². The number of hydrogen-bond donors (Lipinski definition) is 3. The van der Waals surface area contributed by atoms with Crippen molar-refractivity contribution in [2.24, 2.45) is 11.7 Å². The molecule has 20 heavy (non-hydrogen) atoms. The predicted molar refractivity (Wildman–Crippen MR) is 76.3 cm³/mol. The van der Waals surface area contributed by atoms with E-state index >= 15 is 0 Å². The third-order valence-corrected chi connectivity index (χ3v) is 3.22. The van der Waals surface area contributed by atoms with Gasteiger partial charge in [0.15, 0.2) is 0 Å². The van der Waals surface area contributed by atoms with Gasteiger partial charge in [-0.25, -0.2) is 0 Å². The number of carbonyl (C=O) groups is 2. The molecule has 2 atom stereocenters. The van der Waals surface area contributed by atoms with Crippen LogP contribution >= 0.6 is 0 Å². The van der Waals surface area contributed by atoms with Gasteiger partial charge in [0.25, 0.3) is 0 Å². The molecular formula is C14H19N3O3.